The lowest BCUT2D eigenvalue weighted by Crippen LogP contribution is -2.43. The van der Waals surface area contributed by atoms with Gasteiger partial charge in [-0.15, -0.1) is 0 Å². The molecule has 0 saturated carbocycles. The van der Waals surface area contributed by atoms with E-state index in [1.54, 1.807) is 30.3 Å². The van der Waals surface area contributed by atoms with Crippen LogP contribution in [0.2, 0.25) is 0 Å². The van der Waals surface area contributed by atoms with Crippen molar-refractivity contribution in [3.8, 4) is 17.3 Å². The highest BCUT2D eigenvalue weighted by Gasteiger charge is 2.45. The summed E-state index contributed by atoms with van der Waals surface area (Å²) < 4.78 is 42.5. The number of nitrogens with zero attached hydrogens (tertiary/aromatic N) is 6. The zero-order valence-electron chi connectivity index (χ0n) is 23.2. The summed E-state index contributed by atoms with van der Waals surface area (Å²) in [6.45, 7) is 2.92. The molecule has 0 bridgehead atoms. The van der Waals surface area contributed by atoms with Crippen molar-refractivity contribution in [3.63, 3.8) is 0 Å². The number of pyridine rings is 1. The summed E-state index contributed by atoms with van der Waals surface area (Å²) in [4.78, 5) is 16.2. The molecule has 2 saturated heterocycles. The van der Waals surface area contributed by atoms with E-state index in [9.17, 15) is 4.39 Å². The molecule has 216 valence electrons. The molecule has 0 spiro atoms. The van der Waals surface area contributed by atoms with E-state index in [1.807, 2.05) is 18.2 Å². The molecule has 0 aliphatic carbocycles. The Kier molecular flexibility index (Phi) is 6.14. The SMILES string of the molecule is Fc1c(-c2cccc3cccc(F)c23)ncc2c(NCc3ccc4nonc4c3)nc(OCC34CCCN3CCC4)nc12. The Labute approximate surface area is 244 Å². The minimum absolute atomic E-state index is 0.0131. The van der Waals surface area contributed by atoms with E-state index in [0.29, 0.717) is 51.7 Å². The van der Waals surface area contributed by atoms with Crippen LogP contribution in [0.25, 0.3) is 44.0 Å². The van der Waals surface area contributed by atoms with E-state index in [1.165, 1.54) is 12.3 Å². The number of rotatable bonds is 7. The van der Waals surface area contributed by atoms with Crippen LogP contribution >= 0.6 is 0 Å². The predicted molar refractivity (Wildman–Crippen MR) is 158 cm³/mol. The molecule has 2 aliphatic heterocycles. The molecule has 1 N–H and O–H groups in total. The highest BCUT2D eigenvalue weighted by atomic mass is 19.1. The van der Waals surface area contributed by atoms with Crippen LogP contribution in [0.3, 0.4) is 0 Å². The third-order valence-corrected chi connectivity index (χ3v) is 8.83. The minimum atomic E-state index is -0.667. The van der Waals surface area contributed by atoms with Gasteiger partial charge in [-0.1, -0.05) is 36.4 Å². The molecule has 43 heavy (non-hydrogen) atoms. The Morgan fingerprint density at radius 3 is 2.63 bits per heavy atom. The molecule has 0 amide bonds. The third kappa shape index (κ3) is 4.42. The van der Waals surface area contributed by atoms with E-state index >= 15 is 4.39 Å². The maximum Gasteiger partial charge on any atom is 0.319 e. The van der Waals surface area contributed by atoms with Crippen LogP contribution in [0.15, 0.2) is 65.4 Å². The average Bonchev–Trinajstić information content (AvgIpc) is 3.75. The van der Waals surface area contributed by atoms with Gasteiger partial charge in [0, 0.05) is 23.7 Å². The van der Waals surface area contributed by atoms with Crippen LogP contribution in [-0.2, 0) is 6.54 Å². The standard InChI is InChI=1S/C32H27F2N7O2/c33-23-8-2-6-20-5-1-7-21(26(20)23)28-27(34)29-22(17-35-28)30(36-16-19-9-10-24-25(15-19)40-43-39-24)38-31(37-29)42-18-32-11-3-13-41(32)14-4-12-32/h1-2,5-10,15,17H,3-4,11-14,16,18H2,(H,36,37,38). The second kappa shape index (κ2) is 10.2. The molecule has 2 aliphatic rings. The summed E-state index contributed by atoms with van der Waals surface area (Å²) in [5, 5.41) is 12.4. The lowest BCUT2D eigenvalue weighted by atomic mass is 9.95. The molecule has 2 fully saturated rings. The first-order chi connectivity index (χ1) is 21.1. The maximum atomic E-state index is 16.4. The quantitative estimate of drug-likeness (QED) is 0.234. The predicted octanol–water partition coefficient (Wildman–Crippen LogP) is 6.28. The van der Waals surface area contributed by atoms with Crippen LogP contribution < -0.4 is 10.1 Å². The van der Waals surface area contributed by atoms with Crippen molar-refractivity contribution in [2.45, 2.75) is 37.8 Å². The highest BCUT2D eigenvalue weighted by molar-refractivity contribution is 5.99. The fraction of sp³-hybridized carbons (Fsp3) is 0.281. The lowest BCUT2D eigenvalue weighted by Gasteiger charge is -2.31. The number of benzene rings is 3. The number of hydrogen-bond acceptors (Lipinski definition) is 9. The largest absolute Gasteiger partial charge is 0.461 e. The van der Waals surface area contributed by atoms with Crippen molar-refractivity contribution in [2.75, 3.05) is 25.0 Å². The van der Waals surface area contributed by atoms with Crippen molar-refractivity contribution in [1.82, 2.24) is 30.2 Å². The fourth-order valence-electron chi connectivity index (χ4n) is 6.70. The Balaban J connectivity index is 1.21. The first kappa shape index (κ1) is 25.9. The van der Waals surface area contributed by atoms with Gasteiger partial charge in [-0.25, -0.2) is 13.4 Å². The van der Waals surface area contributed by atoms with Crippen LogP contribution in [0.5, 0.6) is 6.01 Å². The summed E-state index contributed by atoms with van der Waals surface area (Å²) in [7, 11) is 0. The van der Waals surface area contributed by atoms with Gasteiger partial charge in [0.05, 0.1) is 10.9 Å². The molecule has 6 aromatic rings. The molecule has 9 nitrogen and oxygen atoms in total. The smallest absolute Gasteiger partial charge is 0.319 e. The number of fused-ring (bicyclic) bond motifs is 4. The fourth-order valence-corrected chi connectivity index (χ4v) is 6.70. The van der Waals surface area contributed by atoms with Crippen molar-refractivity contribution in [3.05, 3.63) is 78.0 Å². The number of anilines is 1. The van der Waals surface area contributed by atoms with Crippen LogP contribution in [-0.4, -0.2) is 55.4 Å². The van der Waals surface area contributed by atoms with Gasteiger partial charge in [0.1, 0.15) is 40.5 Å². The van der Waals surface area contributed by atoms with Crippen molar-refractivity contribution < 1.29 is 18.1 Å². The Bertz CT molecular complexity index is 2000. The summed E-state index contributed by atoms with van der Waals surface area (Å²) in [6, 6.07) is 15.7. The van der Waals surface area contributed by atoms with Gasteiger partial charge >= 0.3 is 6.01 Å². The van der Waals surface area contributed by atoms with E-state index in [2.05, 4.69) is 35.5 Å². The number of aromatic nitrogens is 5. The second-order valence-corrected chi connectivity index (χ2v) is 11.3. The van der Waals surface area contributed by atoms with Crippen molar-refractivity contribution in [1.29, 1.82) is 0 Å². The topological polar surface area (TPSA) is 102 Å². The van der Waals surface area contributed by atoms with Gasteiger partial charge in [-0.3, -0.25) is 9.88 Å². The van der Waals surface area contributed by atoms with E-state index in [4.69, 9.17) is 9.37 Å². The summed E-state index contributed by atoms with van der Waals surface area (Å²) in [5.74, 6) is -0.729. The first-order valence-electron chi connectivity index (χ1n) is 14.4. The Morgan fingerprint density at radius 1 is 0.953 bits per heavy atom. The molecule has 0 atom stereocenters. The summed E-state index contributed by atoms with van der Waals surface area (Å²) >= 11 is 0. The van der Waals surface area contributed by atoms with Gasteiger partial charge < -0.3 is 10.1 Å². The molecule has 3 aromatic heterocycles. The number of hydrogen-bond donors (Lipinski definition) is 1. The average molecular weight is 580 g/mol. The van der Waals surface area contributed by atoms with Gasteiger partial charge in [0.2, 0.25) is 0 Å². The Morgan fingerprint density at radius 2 is 1.77 bits per heavy atom. The van der Waals surface area contributed by atoms with E-state index < -0.39 is 11.6 Å². The lowest BCUT2D eigenvalue weighted by molar-refractivity contribution is 0.108. The summed E-state index contributed by atoms with van der Waals surface area (Å²) in [5.41, 5.74) is 2.57. The monoisotopic (exact) mass is 579 g/mol. The summed E-state index contributed by atoms with van der Waals surface area (Å²) in [6.07, 6.45) is 5.90. The molecule has 3 aromatic carbocycles. The first-order valence-corrected chi connectivity index (χ1v) is 14.4. The van der Waals surface area contributed by atoms with Gasteiger partial charge in [0.15, 0.2) is 5.82 Å². The minimum Gasteiger partial charge on any atom is -0.461 e. The van der Waals surface area contributed by atoms with Crippen LogP contribution in [0.1, 0.15) is 31.2 Å². The maximum absolute atomic E-state index is 16.4. The third-order valence-electron chi connectivity index (χ3n) is 8.83. The number of nitrogens with one attached hydrogen (secondary N) is 1. The molecule has 8 rings (SSSR count). The van der Waals surface area contributed by atoms with E-state index in [-0.39, 0.29) is 22.8 Å². The molecular formula is C32H27F2N7O2. The Hall–Kier alpha value is -4.77. The van der Waals surface area contributed by atoms with Gasteiger partial charge in [0.25, 0.3) is 0 Å². The van der Waals surface area contributed by atoms with Crippen LogP contribution in [0, 0.1) is 11.6 Å². The normalized spacial score (nSPS) is 16.3. The van der Waals surface area contributed by atoms with E-state index in [0.717, 1.165) is 44.3 Å². The molecule has 5 heterocycles. The molecular weight excluding hydrogens is 552 g/mol. The second-order valence-electron chi connectivity index (χ2n) is 11.3. The zero-order valence-corrected chi connectivity index (χ0v) is 23.2. The van der Waals surface area contributed by atoms with Crippen molar-refractivity contribution in [2.24, 2.45) is 0 Å². The highest BCUT2D eigenvalue weighted by Crippen LogP contribution is 2.40. The van der Waals surface area contributed by atoms with Gasteiger partial charge in [-0.05, 0) is 78.2 Å². The van der Waals surface area contributed by atoms with Gasteiger partial charge in [-0.2, -0.15) is 9.97 Å². The molecule has 0 radical (unpaired) electrons. The number of halogens is 2. The molecule has 11 heteroatoms. The van der Waals surface area contributed by atoms with Crippen LogP contribution in [0.4, 0.5) is 14.6 Å². The molecule has 0 unspecified atom stereocenters. The zero-order chi connectivity index (χ0) is 29.0. The van der Waals surface area contributed by atoms with Crippen molar-refractivity contribution >= 4 is 38.5 Å². The number of ether oxygens (including phenoxy) is 1.